The number of nitro benzene ring substituents is 1. The first-order valence-electron chi connectivity index (χ1n) is 8.84. The van der Waals surface area contributed by atoms with Gasteiger partial charge in [-0.25, -0.2) is 0 Å². The molecule has 0 aromatic heterocycles. The van der Waals surface area contributed by atoms with Gasteiger partial charge in [0.25, 0.3) is 5.69 Å². The molecule has 2 aromatic carbocycles. The highest BCUT2D eigenvalue weighted by Gasteiger charge is 2.34. The zero-order valence-corrected chi connectivity index (χ0v) is 15.6. The average Bonchev–Trinajstić information content (AvgIpc) is 2.55. The number of rotatable bonds is 3. The Bertz CT molecular complexity index is 808. The Balaban J connectivity index is 1.62. The molecule has 2 bridgehead atoms. The van der Waals surface area contributed by atoms with Crippen molar-refractivity contribution in [3.8, 4) is 0 Å². The standard InChI is InChI=1S/C20H21BrN2O2/c21-17-5-1-3-14(9-17)12-22-13-15-7-8-18(22)11-16-4-2-6-20(23(24)25)19(16)10-15/h1-6,9,15,18H,7-8,10-13H2. The van der Waals surface area contributed by atoms with Crippen LogP contribution in [0.25, 0.3) is 0 Å². The van der Waals surface area contributed by atoms with Gasteiger partial charge in [0.1, 0.15) is 0 Å². The quantitative estimate of drug-likeness (QED) is 0.552. The lowest BCUT2D eigenvalue weighted by molar-refractivity contribution is -0.385. The fraction of sp³-hybridized carbons (Fsp3) is 0.400. The normalized spacial score (nSPS) is 22.9. The second-order valence-corrected chi connectivity index (χ2v) is 8.15. The zero-order chi connectivity index (χ0) is 17.4. The van der Waals surface area contributed by atoms with Gasteiger partial charge in [-0.1, -0.05) is 40.2 Å². The highest BCUT2D eigenvalue weighted by Crippen LogP contribution is 2.36. The fourth-order valence-electron chi connectivity index (χ4n) is 4.41. The number of piperidine rings is 1. The third kappa shape index (κ3) is 3.48. The van der Waals surface area contributed by atoms with E-state index in [1.165, 1.54) is 24.0 Å². The maximum absolute atomic E-state index is 11.4. The predicted molar refractivity (Wildman–Crippen MR) is 102 cm³/mol. The second kappa shape index (κ2) is 6.89. The van der Waals surface area contributed by atoms with Crippen molar-refractivity contribution in [3.63, 3.8) is 0 Å². The minimum atomic E-state index is -0.215. The molecule has 3 aliphatic rings. The molecule has 5 rings (SSSR count). The van der Waals surface area contributed by atoms with Gasteiger partial charge in [-0.3, -0.25) is 15.0 Å². The Hall–Kier alpha value is -1.72. The van der Waals surface area contributed by atoms with E-state index in [0.717, 1.165) is 36.0 Å². The molecule has 4 nitrogen and oxygen atoms in total. The third-order valence-corrected chi connectivity index (χ3v) is 6.08. The molecule has 1 fully saturated rings. The minimum absolute atomic E-state index is 0.215. The molecule has 2 aliphatic heterocycles. The van der Waals surface area contributed by atoms with Crippen LogP contribution in [-0.2, 0) is 19.4 Å². The van der Waals surface area contributed by atoms with Crippen molar-refractivity contribution in [3.05, 3.63) is 73.7 Å². The number of benzene rings is 2. The summed E-state index contributed by atoms with van der Waals surface area (Å²) in [4.78, 5) is 13.8. The largest absolute Gasteiger partial charge is 0.296 e. The van der Waals surface area contributed by atoms with Gasteiger partial charge in [-0.05, 0) is 54.9 Å². The minimum Gasteiger partial charge on any atom is -0.296 e. The molecule has 25 heavy (non-hydrogen) atoms. The summed E-state index contributed by atoms with van der Waals surface area (Å²) in [7, 11) is 0. The smallest absolute Gasteiger partial charge is 0.272 e. The van der Waals surface area contributed by atoms with E-state index in [1.807, 2.05) is 6.07 Å². The van der Waals surface area contributed by atoms with Gasteiger partial charge in [0, 0.05) is 35.2 Å². The van der Waals surface area contributed by atoms with E-state index < -0.39 is 0 Å². The summed E-state index contributed by atoms with van der Waals surface area (Å²) in [5.41, 5.74) is 3.77. The van der Waals surface area contributed by atoms with E-state index >= 15 is 0 Å². The van der Waals surface area contributed by atoms with Crippen LogP contribution >= 0.6 is 15.9 Å². The highest BCUT2D eigenvalue weighted by atomic mass is 79.9. The van der Waals surface area contributed by atoms with Crippen LogP contribution in [0.2, 0.25) is 0 Å². The summed E-state index contributed by atoms with van der Waals surface area (Å²) >= 11 is 3.56. The Morgan fingerprint density at radius 1 is 1.16 bits per heavy atom. The van der Waals surface area contributed by atoms with Crippen LogP contribution in [0.3, 0.4) is 0 Å². The molecule has 1 saturated heterocycles. The van der Waals surface area contributed by atoms with E-state index in [0.29, 0.717) is 17.6 Å². The van der Waals surface area contributed by atoms with Gasteiger partial charge in [-0.2, -0.15) is 0 Å². The molecule has 0 amide bonds. The zero-order valence-electron chi connectivity index (χ0n) is 14.0. The van der Waals surface area contributed by atoms with Gasteiger partial charge < -0.3 is 0 Å². The van der Waals surface area contributed by atoms with Gasteiger partial charge in [0.2, 0.25) is 0 Å². The van der Waals surface area contributed by atoms with Crippen molar-refractivity contribution in [2.45, 2.75) is 38.3 Å². The molecule has 0 N–H and O–H groups in total. The van der Waals surface area contributed by atoms with Crippen LogP contribution in [-0.4, -0.2) is 22.4 Å². The lowest BCUT2D eigenvalue weighted by Gasteiger charge is -2.42. The maximum atomic E-state index is 11.4. The number of fused-ring (bicyclic) bond motifs is 2. The second-order valence-electron chi connectivity index (χ2n) is 7.24. The average molecular weight is 401 g/mol. The summed E-state index contributed by atoms with van der Waals surface area (Å²) in [6.07, 6.45) is 4.10. The predicted octanol–water partition coefficient (Wildman–Crippen LogP) is 4.74. The SMILES string of the molecule is O=[N+]([O-])c1cccc2c1CC1CCC(C2)N(Cc2cccc(Br)c2)C1. The molecule has 2 aromatic rings. The lowest BCUT2D eigenvalue weighted by Crippen LogP contribution is -2.46. The molecular formula is C20H21BrN2O2. The van der Waals surface area contributed by atoms with Crippen LogP contribution in [0.4, 0.5) is 5.69 Å². The first-order chi connectivity index (χ1) is 12.1. The number of hydrogen-bond acceptors (Lipinski definition) is 3. The molecule has 1 aliphatic carbocycles. The van der Waals surface area contributed by atoms with E-state index in [-0.39, 0.29) is 4.92 Å². The molecular weight excluding hydrogens is 380 g/mol. The van der Waals surface area contributed by atoms with E-state index in [4.69, 9.17) is 0 Å². The molecule has 2 unspecified atom stereocenters. The van der Waals surface area contributed by atoms with Crippen molar-refractivity contribution in [1.82, 2.24) is 4.90 Å². The van der Waals surface area contributed by atoms with Crippen molar-refractivity contribution in [2.75, 3.05) is 6.54 Å². The molecule has 2 atom stereocenters. The number of nitrogens with zero attached hydrogens (tertiary/aromatic N) is 2. The molecule has 0 spiro atoms. The van der Waals surface area contributed by atoms with Crippen LogP contribution < -0.4 is 0 Å². The Morgan fingerprint density at radius 2 is 2.00 bits per heavy atom. The van der Waals surface area contributed by atoms with Gasteiger partial charge in [-0.15, -0.1) is 0 Å². The Labute approximate surface area is 156 Å². The van der Waals surface area contributed by atoms with Gasteiger partial charge >= 0.3 is 0 Å². The number of nitro groups is 1. The van der Waals surface area contributed by atoms with E-state index in [1.54, 1.807) is 6.07 Å². The molecule has 0 radical (unpaired) electrons. The monoisotopic (exact) mass is 400 g/mol. The summed E-state index contributed by atoms with van der Waals surface area (Å²) < 4.78 is 1.11. The van der Waals surface area contributed by atoms with Crippen molar-refractivity contribution >= 4 is 21.6 Å². The van der Waals surface area contributed by atoms with Crippen LogP contribution in [0, 0.1) is 16.0 Å². The first kappa shape index (κ1) is 16.7. The van der Waals surface area contributed by atoms with Crippen LogP contribution in [0.1, 0.15) is 29.5 Å². The Kier molecular flexibility index (Phi) is 4.61. The number of hydrogen-bond donors (Lipinski definition) is 0. The fourth-order valence-corrected chi connectivity index (χ4v) is 4.85. The van der Waals surface area contributed by atoms with E-state index in [9.17, 15) is 10.1 Å². The van der Waals surface area contributed by atoms with Crippen LogP contribution in [0.15, 0.2) is 46.9 Å². The Morgan fingerprint density at radius 3 is 2.80 bits per heavy atom. The highest BCUT2D eigenvalue weighted by molar-refractivity contribution is 9.10. The van der Waals surface area contributed by atoms with E-state index in [2.05, 4.69) is 51.2 Å². The summed E-state index contributed by atoms with van der Waals surface area (Å²) in [6, 6.07) is 14.6. The van der Waals surface area contributed by atoms with Crippen LogP contribution in [0.5, 0.6) is 0 Å². The van der Waals surface area contributed by atoms with Crippen molar-refractivity contribution in [1.29, 1.82) is 0 Å². The molecule has 0 saturated carbocycles. The van der Waals surface area contributed by atoms with Gasteiger partial charge in [0.15, 0.2) is 0 Å². The van der Waals surface area contributed by atoms with Crippen molar-refractivity contribution < 1.29 is 4.92 Å². The molecule has 130 valence electrons. The first-order valence-corrected chi connectivity index (χ1v) is 9.63. The summed E-state index contributed by atoms with van der Waals surface area (Å²) in [5, 5.41) is 11.4. The summed E-state index contributed by atoms with van der Waals surface area (Å²) in [5.74, 6) is 0.503. The molecule has 5 heteroatoms. The van der Waals surface area contributed by atoms with Crippen molar-refractivity contribution in [2.24, 2.45) is 5.92 Å². The summed E-state index contributed by atoms with van der Waals surface area (Å²) in [6.45, 7) is 1.98. The maximum Gasteiger partial charge on any atom is 0.272 e. The third-order valence-electron chi connectivity index (χ3n) is 5.59. The molecule has 2 heterocycles. The topological polar surface area (TPSA) is 46.4 Å². The van der Waals surface area contributed by atoms with Gasteiger partial charge in [0.05, 0.1) is 4.92 Å². The number of halogens is 1. The lowest BCUT2D eigenvalue weighted by atomic mass is 9.79.